The van der Waals surface area contributed by atoms with E-state index in [9.17, 15) is 13.2 Å². The normalized spacial score (nSPS) is 18.0. The maximum atomic E-state index is 13.4. The van der Waals surface area contributed by atoms with Crippen molar-refractivity contribution in [3.05, 3.63) is 65.7 Å². The van der Waals surface area contributed by atoms with Crippen molar-refractivity contribution in [2.24, 2.45) is 5.92 Å². The summed E-state index contributed by atoms with van der Waals surface area (Å²) in [6.45, 7) is 2.68. The summed E-state index contributed by atoms with van der Waals surface area (Å²) in [4.78, 5) is 15.4. The minimum Gasteiger partial charge on any atom is -0.379 e. The molecule has 1 aliphatic heterocycles. The van der Waals surface area contributed by atoms with Crippen LogP contribution in [0.5, 0.6) is 0 Å². The topological polar surface area (TPSA) is 66.9 Å². The van der Waals surface area contributed by atoms with E-state index < -0.39 is 10.0 Å². The van der Waals surface area contributed by atoms with Gasteiger partial charge in [-0.1, -0.05) is 42.8 Å². The summed E-state index contributed by atoms with van der Waals surface area (Å²) < 4.78 is 32.7. The maximum absolute atomic E-state index is 13.4. The molecule has 1 heterocycles. The minimum atomic E-state index is -3.64. The molecule has 2 aliphatic rings. The van der Waals surface area contributed by atoms with E-state index in [2.05, 4.69) is 0 Å². The van der Waals surface area contributed by atoms with Crippen LogP contribution >= 0.6 is 0 Å². The fraction of sp³-hybridized carbons (Fsp3) is 0.435. The second-order valence-corrected chi connectivity index (χ2v) is 9.95. The Morgan fingerprint density at radius 2 is 1.77 bits per heavy atom. The predicted octanol–water partition coefficient (Wildman–Crippen LogP) is 3.15. The van der Waals surface area contributed by atoms with Crippen molar-refractivity contribution in [1.29, 1.82) is 0 Å². The lowest BCUT2D eigenvalue weighted by Gasteiger charge is -2.32. The van der Waals surface area contributed by atoms with Crippen LogP contribution in [0.3, 0.4) is 0 Å². The Bertz CT molecular complexity index is 968. The number of sulfonamides is 1. The first-order valence-electron chi connectivity index (χ1n) is 10.6. The molecule has 0 N–H and O–H groups in total. The fourth-order valence-electron chi connectivity index (χ4n) is 3.92. The Hall–Kier alpha value is -2.22. The van der Waals surface area contributed by atoms with Crippen LogP contribution in [-0.4, -0.2) is 56.4 Å². The third-order valence-electron chi connectivity index (χ3n) is 5.90. The molecule has 160 valence electrons. The van der Waals surface area contributed by atoms with Crippen molar-refractivity contribution in [2.75, 3.05) is 32.8 Å². The molecular formula is C23H28N2O4S. The van der Waals surface area contributed by atoms with Crippen LogP contribution in [0.2, 0.25) is 0 Å². The number of rotatable bonds is 7. The molecular weight excluding hydrogens is 400 g/mol. The smallest absolute Gasteiger partial charge is 0.254 e. The number of morpholine rings is 1. The first-order valence-corrected chi connectivity index (χ1v) is 12.0. The predicted molar refractivity (Wildman–Crippen MR) is 115 cm³/mol. The summed E-state index contributed by atoms with van der Waals surface area (Å²) in [7, 11) is -3.64. The molecule has 2 aromatic rings. The molecule has 4 rings (SSSR count). The second kappa shape index (κ2) is 9.29. The van der Waals surface area contributed by atoms with Crippen LogP contribution in [0.4, 0.5) is 0 Å². The van der Waals surface area contributed by atoms with Crippen LogP contribution in [0, 0.1) is 5.92 Å². The molecule has 0 radical (unpaired) electrons. The number of carbonyl (C=O) groups excluding carboxylic acids is 1. The Balaban J connectivity index is 1.57. The van der Waals surface area contributed by atoms with E-state index in [1.165, 1.54) is 16.8 Å². The first-order chi connectivity index (χ1) is 14.5. The van der Waals surface area contributed by atoms with Crippen LogP contribution in [0.15, 0.2) is 59.5 Å². The summed E-state index contributed by atoms with van der Waals surface area (Å²) in [5.41, 5.74) is 1.49. The molecule has 2 aromatic carbocycles. The highest BCUT2D eigenvalue weighted by atomic mass is 32.2. The van der Waals surface area contributed by atoms with E-state index in [-0.39, 0.29) is 10.8 Å². The van der Waals surface area contributed by atoms with E-state index in [0.717, 1.165) is 18.4 Å². The van der Waals surface area contributed by atoms with Gasteiger partial charge in [-0.3, -0.25) is 4.79 Å². The fourth-order valence-corrected chi connectivity index (χ4v) is 5.37. The third-order valence-corrected chi connectivity index (χ3v) is 7.79. The Labute approximate surface area is 178 Å². The lowest BCUT2D eigenvalue weighted by molar-refractivity contribution is 0.0679. The Kier molecular flexibility index (Phi) is 6.51. The monoisotopic (exact) mass is 428 g/mol. The van der Waals surface area contributed by atoms with Crippen molar-refractivity contribution in [1.82, 2.24) is 9.21 Å². The van der Waals surface area contributed by atoms with Gasteiger partial charge in [-0.05, 0) is 42.5 Å². The van der Waals surface area contributed by atoms with E-state index in [1.54, 1.807) is 18.2 Å². The molecule has 1 saturated heterocycles. The first kappa shape index (κ1) is 21.0. The van der Waals surface area contributed by atoms with Gasteiger partial charge >= 0.3 is 0 Å². The van der Waals surface area contributed by atoms with Gasteiger partial charge in [0.25, 0.3) is 5.91 Å². The maximum Gasteiger partial charge on any atom is 0.254 e. The highest BCUT2D eigenvalue weighted by molar-refractivity contribution is 7.89. The van der Waals surface area contributed by atoms with Crippen LogP contribution in [0.25, 0.3) is 0 Å². The summed E-state index contributed by atoms with van der Waals surface area (Å²) in [6.07, 6.45) is 3.50. The van der Waals surface area contributed by atoms with Crippen LogP contribution in [0.1, 0.15) is 35.2 Å². The zero-order valence-electron chi connectivity index (χ0n) is 17.1. The zero-order chi connectivity index (χ0) is 21.0. The SMILES string of the molecule is O=C(c1cccc(S(=O)(=O)N2CCOCC2)c1)N(Cc1ccccc1)CC1CCC1. The van der Waals surface area contributed by atoms with Crippen molar-refractivity contribution in [3.8, 4) is 0 Å². The molecule has 0 bridgehead atoms. The summed E-state index contributed by atoms with van der Waals surface area (Å²) in [5.74, 6) is 0.405. The molecule has 1 amide bonds. The average Bonchev–Trinajstić information content (AvgIpc) is 2.76. The van der Waals surface area contributed by atoms with Gasteiger partial charge in [0.2, 0.25) is 10.0 Å². The van der Waals surface area contributed by atoms with Gasteiger partial charge in [0.05, 0.1) is 18.1 Å². The number of amides is 1. The summed E-state index contributed by atoms with van der Waals surface area (Å²) in [6, 6.07) is 16.4. The summed E-state index contributed by atoms with van der Waals surface area (Å²) >= 11 is 0. The highest BCUT2D eigenvalue weighted by Crippen LogP contribution is 2.28. The van der Waals surface area contributed by atoms with Crippen molar-refractivity contribution >= 4 is 15.9 Å². The minimum absolute atomic E-state index is 0.121. The largest absolute Gasteiger partial charge is 0.379 e. The molecule has 0 spiro atoms. The molecule has 0 unspecified atom stereocenters. The Morgan fingerprint density at radius 1 is 1.03 bits per heavy atom. The van der Waals surface area contributed by atoms with Gasteiger partial charge in [0.1, 0.15) is 0 Å². The lowest BCUT2D eigenvalue weighted by Crippen LogP contribution is -2.40. The van der Waals surface area contributed by atoms with Gasteiger partial charge < -0.3 is 9.64 Å². The number of nitrogens with zero attached hydrogens (tertiary/aromatic N) is 2. The van der Waals surface area contributed by atoms with Gasteiger partial charge in [-0.25, -0.2) is 8.42 Å². The van der Waals surface area contributed by atoms with E-state index in [1.807, 2.05) is 35.2 Å². The standard InChI is InChI=1S/C23H28N2O4S/c26-23(24(18-20-8-4-9-20)17-19-6-2-1-3-7-19)21-10-5-11-22(16-21)30(27,28)25-12-14-29-15-13-25/h1-3,5-7,10-11,16,20H,4,8-9,12-15,17-18H2. The van der Waals surface area contributed by atoms with E-state index in [0.29, 0.717) is 50.9 Å². The van der Waals surface area contributed by atoms with Gasteiger partial charge in [0, 0.05) is 31.7 Å². The highest BCUT2D eigenvalue weighted by Gasteiger charge is 2.28. The Morgan fingerprint density at radius 3 is 2.43 bits per heavy atom. The molecule has 0 atom stereocenters. The van der Waals surface area contributed by atoms with Crippen LogP contribution in [-0.2, 0) is 21.3 Å². The van der Waals surface area contributed by atoms with Crippen molar-refractivity contribution < 1.29 is 17.9 Å². The van der Waals surface area contributed by atoms with Gasteiger partial charge in [-0.15, -0.1) is 0 Å². The molecule has 1 saturated carbocycles. The average molecular weight is 429 g/mol. The number of hydrogen-bond acceptors (Lipinski definition) is 4. The van der Waals surface area contributed by atoms with Crippen molar-refractivity contribution in [3.63, 3.8) is 0 Å². The molecule has 6 nitrogen and oxygen atoms in total. The lowest BCUT2D eigenvalue weighted by atomic mass is 9.85. The zero-order valence-corrected chi connectivity index (χ0v) is 17.9. The van der Waals surface area contributed by atoms with Gasteiger partial charge in [-0.2, -0.15) is 4.31 Å². The number of hydrogen-bond donors (Lipinski definition) is 0. The number of ether oxygens (including phenoxy) is 1. The van der Waals surface area contributed by atoms with Crippen LogP contribution < -0.4 is 0 Å². The second-order valence-electron chi connectivity index (χ2n) is 8.01. The molecule has 7 heteroatoms. The third kappa shape index (κ3) is 4.74. The molecule has 0 aromatic heterocycles. The molecule has 1 aliphatic carbocycles. The van der Waals surface area contributed by atoms with E-state index >= 15 is 0 Å². The number of benzene rings is 2. The summed E-state index contributed by atoms with van der Waals surface area (Å²) in [5, 5.41) is 0. The van der Waals surface area contributed by atoms with E-state index in [4.69, 9.17) is 4.74 Å². The van der Waals surface area contributed by atoms with Gasteiger partial charge in [0.15, 0.2) is 0 Å². The molecule has 2 fully saturated rings. The van der Waals surface area contributed by atoms with Crippen molar-refractivity contribution in [2.45, 2.75) is 30.7 Å². The quantitative estimate of drug-likeness (QED) is 0.680. The molecule has 30 heavy (non-hydrogen) atoms. The number of carbonyl (C=O) groups is 1.